The van der Waals surface area contributed by atoms with E-state index < -0.39 is 49.3 Å². The van der Waals surface area contributed by atoms with Crippen molar-refractivity contribution in [3.63, 3.8) is 0 Å². The number of carbonyl (C=O) groups excluding carboxylic acids is 2. The van der Waals surface area contributed by atoms with Crippen molar-refractivity contribution in [1.29, 1.82) is 5.41 Å². The lowest BCUT2D eigenvalue weighted by atomic mass is 10.2. The van der Waals surface area contributed by atoms with Crippen LogP contribution in [0.2, 0.25) is 10.0 Å². The minimum Gasteiger partial charge on any atom is -0.455 e. The first-order valence-electron chi connectivity index (χ1n) is 11.2. The molecule has 0 fully saturated rings. The molecule has 2 aromatic heterocycles. The molecule has 208 valence electrons. The number of aromatic nitrogens is 4. The molecule has 0 unspecified atom stereocenters. The normalized spacial score (nSPS) is 12.9. The molecule has 0 bridgehead atoms. The van der Waals surface area contributed by atoms with Crippen LogP contribution in [0.1, 0.15) is 37.2 Å². The van der Waals surface area contributed by atoms with E-state index in [4.69, 9.17) is 33.3 Å². The predicted molar refractivity (Wildman–Crippen MR) is 134 cm³/mol. The van der Waals surface area contributed by atoms with Gasteiger partial charge in [0.2, 0.25) is 0 Å². The number of aliphatic hydroxyl groups excluding tert-OH is 1. The second-order valence-electron chi connectivity index (χ2n) is 8.06. The van der Waals surface area contributed by atoms with Crippen molar-refractivity contribution in [1.82, 2.24) is 30.0 Å². The maximum atomic E-state index is 13.1. The van der Waals surface area contributed by atoms with Crippen molar-refractivity contribution in [2.45, 2.75) is 38.8 Å². The Morgan fingerprint density at radius 3 is 2.49 bits per heavy atom. The van der Waals surface area contributed by atoms with Crippen molar-refractivity contribution in [3.8, 4) is 5.69 Å². The number of urea groups is 1. The summed E-state index contributed by atoms with van der Waals surface area (Å²) in [6.07, 6.45) is -6.02. The van der Waals surface area contributed by atoms with Crippen molar-refractivity contribution < 1.29 is 32.6 Å². The van der Waals surface area contributed by atoms with Crippen LogP contribution in [0.25, 0.3) is 5.69 Å². The van der Waals surface area contributed by atoms with Crippen molar-refractivity contribution in [2.75, 3.05) is 6.54 Å². The van der Waals surface area contributed by atoms with Gasteiger partial charge in [0.25, 0.3) is 0 Å². The van der Waals surface area contributed by atoms with Gasteiger partial charge in [-0.1, -0.05) is 23.2 Å². The zero-order valence-electron chi connectivity index (χ0n) is 20.4. The average molecular weight is 588 g/mol. The van der Waals surface area contributed by atoms with Crippen LogP contribution in [-0.2, 0) is 16.1 Å². The van der Waals surface area contributed by atoms with Gasteiger partial charge >= 0.3 is 18.2 Å². The lowest BCUT2D eigenvalue weighted by molar-refractivity contribution is -0.204. The van der Waals surface area contributed by atoms with Gasteiger partial charge in [-0.3, -0.25) is 20.1 Å². The van der Waals surface area contributed by atoms with Gasteiger partial charge in [-0.25, -0.2) is 14.5 Å². The molecule has 3 rings (SSSR count). The molecule has 0 spiro atoms. The van der Waals surface area contributed by atoms with E-state index in [1.165, 1.54) is 61.3 Å². The van der Waals surface area contributed by atoms with Crippen LogP contribution in [0.4, 0.5) is 18.0 Å². The molecule has 2 heterocycles. The van der Waals surface area contributed by atoms with Crippen LogP contribution >= 0.6 is 23.2 Å². The van der Waals surface area contributed by atoms with Crippen molar-refractivity contribution >= 4 is 41.0 Å². The number of amidine groups is 1. The Morgan fingerprint density at radius 2 is 1.90 bits per heavy atom. The van der Waals surface area contributed by atoms with Crippen molar-refractivity contribution in [3.05, 3.63) is 70.0 Å². The molecule has 2 atom stereocenters. The Hall–Kier alpha value is -3.75. The number of carbonyl (C=O) groups is 2. The molecule has 11 nitrogen and oxygen atoms in total. The minimum absolute atomic E-state index is 0.0217. The maximum Gasteiger partial charge on any atom is 0.416 e. The van der Waals surface area contributed by atoms with E-state index in [1.807, 2.05) is 0 Å². The molecular formula is C23H22Cl2F3N7O4. The number of hydrogen-bond donors (Lipinski definition) is 3. The van der Waals surface area contributed by atoms with E-state index in [0.29, 0.717) is 9.92 Å². The quantitative estimate of drug-likeness (QED) is 0.204. The van der Waals surface area contributed by atoms with E-state index in [0.717, 1.165) is 0 Å². The molecule has 3 N–H and O–H groups in total. The Labute approximate surface area is 230 Å². The molecule has 0 aliphatic carbocycles. The standard InChI is InChI=1S/C23H22Cl2F3N7O4/c1-12(39-13(2)36)21-32-19(33-35(21)17-9-30-8-7-16(17)25)10-31-22(38)34(11-18(37)23(26,27)28)20(29)14-3-5-15(24)6-4-14/h3-9,12,18,29,37H,10-11H2,1-2H3,(H,31,38)/t12-,18-/m0/s1. The van der Waals surface area contributed by atoms with Gasteiger partial charge in [0.15, 0.2) is 23.9 Å². The largest absolute Gasteiger partial charge is 0.455 e. The summed E-state index contributed by atoms with van der Waals surface area (Å²) >= 11 is 12.1. The van der Waals surface area contributed by atoms with Crippen LogP contribution in [-0.4, -0.2) is 66.4 Å². The molecule has 16 heteroatoms. The first-order valence-corrected chi connectivity index (χ1v) is 11.9. The van der Waals surface area contributed by atoms with Crippen LogP contribution < -0.4 is 5.32 Å². The number of rotatable bonds is 8. The third-order valence-electron chi connectivity index (χ3n) is 5.12. The van der Waals surface area contributed by atoms with Crippen LogP contribution in [0.3, 0.4) is 0 Å². The Kier molecular flexibility index (Phi) is 9.48. The van der Waals surface area contributed by atoms with E-state index in [-0.39, 0.29) is 27.9 Å². The summed E-state index contributed by atoms with van der Waals surface area (Å²) in [6.45, 7) is 1.08. The average Bonchev–Trinajstić information content (AvgIpc) is 3.29. The summed E-state index contributed by atoms with van der Waals surface area (Å²) in [4.78, 5) is 33.1. The summed E-state index contributed by atoms with van der Waals surface area (Å²) in [7, 11) is 0. The highest BCUT2D eigenvalue weighted by Gasteiger charge is 2.41. The highest BCUT2D eigenvalue weighted by molar-refractivity contribution is 6.32. The highest BCUT2D eigenvalue weighted by atomic mass is 35.5. The maximum absolute atomic E-state index is 13.1. The molecule has 39 heavy (non-hydrogen) atoms. The van der Waals surface area contributed by atoms with Crippen molar-refractivity contribution in [2.24, 2.45) is 0 Å². The molecule has 0 saturated heterocycles. The smallest absolute Gasteiger partial charge is 0.416 e. The van der Waals surface area contributed by atoms with Crippen LogP contribution in [0, 0.1) is 5.41 Å². The number of benzene rings is 1. The van der Waals surface area contributed by atoms with Crippen LogP contribution in [0.5, 0.6) is 0 Å². The minimum atomic E-state index is -5.04. The zero-order valence-corrected chi connectivity index (χ0v) is 21.9. The zero-order chi connectivity index (χ0) is 28.9. The fourth-order valence-corrected chi connectivity index (χ4v) is 3.59. The summed E-state index contributed by atoms with van der Waals surface area (Å²) in [5.41, 5.74) is 0.368. The first kappa shape index (κ1) is 29.8. The molecule has 0 aliphatic heterocycles. The number of aliphatic hydroxyl groups is 1. The second kappa shape index (κ2) is 12.4. The predicted octanol–water partition coefficient (Wildman–Crippen LogP) is 4.05. The Balaban J connectivity index is 1.88. The number of halogens is 5. The molecular weight excluding hydrogens is 566 g/mol. The fraction of sp³-hybridized carbons (Fsp3) is 0.304. The van der Waals surface area contributed by atoms with E-state index in [2.05, 4.69) is 20.4 Å². The Bertz CT molecular complexity index is 1350. The topological polar surface area (TPSA) is 146 Å². The SMILES string of the molecule is CC(=O)O[C@@H](C)c1nc(CNC(=O)N(C[C@H](O)C(F)(F)F)C(=N)c2ccc(Cl)cc2)nn1-c1cnccc1Cl. The third-order valence-corrected chi connectivity index (χ3v) is 5.69. The van der Waals surface area contributed by atoms with Gasteiger partial charge < -0.3 is 15.2 Å². The number of nitrogens with one attached hydrogen (secondary N) is 2. The number of hydrogen-bond acceptors (Lipinski definition) is 8. The summed E-state index contributed by atoms with van der Waals surface area (Å²) in [6, 6.07) is 5.83. The van der Waals surface area contributed by atoms with Gasteiger partial charge in [-0.2, -0.15) is 13.2 Å². The number of amides is 2. The lowest BCUT2D eigenvalue weighted by Gasteiger charge is -2.26. The highest BCUT2D eigenvalue weighted by Crippen LogP contribution is 2.25. The number of alkyl halides is 3. The number of nitrogens with zero attached hydrogens (tertiary/aromatic N) is 5. The Morgan fingerprint density at radius 1 is 1.23 bits per heavy atom. The monoisotopic (exact) mass is 587 g/mol. The van der Waals surface area contributed by atoms with Gasteiger partial charge in [-0.15, -0.1) is 5.10 Å². The van der Waals surface area contributed by atoms with Gasteiger partial charge in [-0.05, 0) is 37.3 Å². The lowest BCUT2D eigenvalue weighted by Crippen LogP contribution is -2.50. The summed E-state index contributed by atoms with van der Waals surface area (Å²) < 4.78 is 45.7. The van der Waals surface area contributed by atoms with Gasteiger partial charge in [0.1, 0.15) is 11.5 Å². The number of esters is 1. The molecule has 2 amide bonds. The van der Waals surface area contributed by atoms with Gasteiger partial charge in [0.05, 0.1) is 24.3 Å². The molecule has 0 aliphatic rings. The molecule has 1 aromatic carbocycles. The van der Waals surface area contributed by atoms with E-state index in [1.54, 1.807) is 0 Å². The summed E-state index contributed by atoms with van der Waals surface area (Å²) in [5, 5.41) is 25.1. The van der Waals surface area contributed by atoms with Crippen LogP contribution in [0.15, 0.2) is 42.7 Å². The molecule has 0 saturated carbocycles. The van der Waals surface area contributed by atoms with E-state index >= 15 is 0 Å². The second-order valence-corrected chi connectivity index (χ2v) is 8.90. The fourth-order valence-electron chi connectivity index (χ4n) is 3.28. The third kappa shape index (κ3) is 7.65. The van der Waals surface area contributed by atoms with Gasteiger partial charge in [0, 0.05) is 23.7 Å². The van der Waals surface area contributed by atoms with E-state index in [9.17, 15) is 27.9 Å². The molecule has 3 aromatic rings. The first-order chi connectivity index (χ1) is 18.3. The summed E-state index contributed by atoms with van der Waals surface area (Å²) in [5.74, 6) is -1.10. The molecule has 0 radical (unpaired) electrons. The number of ether oxygens (including phenoxy) is 1. The number of pyridine rings is 1.